The van der Waals surface area contributed by atoms with Crippen LogP contribution in [0, 0.1) is 11.2 Å². The van der Waals surface area contributed by atoms with Crippen LogP contribution in [0.15, 0.2) is 65.8 Å². The molecule has 0 radical (unpaired) electrons. The van der Waals surface area contributed by atoms with Gasteiger partial charge in [-0.2, -0.15) is 5.10 Å². The van der Waals surface area contributed by atoms with Gasteiger partial charge in [0, 0.05) is 35.5 Å². The molecule has 222 valence electrons. The van der Waals surface area contributed by atoms with Crippen molar-refractivity contribution in [2.75, 3.05) is 38.1 Å². The number of rotatable bonds is 14. The molecule has 2 unspecified atom stereocenters. The molecule has 3 aromatic rings. The first kappa shape index (κ1) is 31.8. The third-order valence-corrected chi connectivity index (χ3v) is 6.87. The van der Waals surface area contributed by atoms with Gasteiger partial charge in [-0.15, -0.1) is 0 Å². The van der Waals surface area contributed by atoms with Crippen LogP contribution in [-0.2, 0) is 11.2 Å². The van der Waals surface area contributed by atoms with Gasteiger partial charge >= 0.3 is 0 Å². The van der Waals surface area contributed by atoms with E-state index in [1.807, 2.05) is 32.8 Å². The summed E-state index contributed by atoms with van der Waals surface area (Å²) in [7, 11) is 5.47. The van der Waals surface area contributed by atoms with Gasteiger partial charge in [-0.25, -0.2) is 4.39 Å². The maximum absolute atomic E-state index is 16.3. The second-order valence-electron chi connectivity index (χ2n) is 9.99. The maximum Gasteiger partial charge on any atom is 0.212 e. The predicted octanol–water partition coefficient (Wildman–Crippen LogP) is 4.16. The van der Waals surface area contributed by atoms with E-state index in [4.69, 9.17) is 15.9 Å². The minimum absolute atomic E-state index is 0.0345. The summed E-state index contributed by atoms with van der Waals surface area (Å²) in [5, 5.41) is 19.6. The zero-order chi connectivity index (χ0) is 30.8. The van der Waals surface area contributed by atoms with Crippen molar-refractivity contribution >= 4 is 35.7 Å². The van der Waals surface area contributed by atoms with Gasteiger partial charge in [0.05, 0.1) is 5.69 Å². The van der Waals surface area contributed by atoms with Crippen LogP contribution >= 0.6 is 0 Å². The highest BCUT2D eigenvalue weighted by atomic mass is 19.1. The fraction of sp³-hybridized carbons (Fsp3) is 0.290. The summed E-state index contributed by atoms with van der Waals surface area (Å²) in [6, 6.07) is 16.0. The van der Waals surface area contributed by atoms with E-state index in [0.717, 1.165) is 5.56 Å². The molecule has 42 heavy (non-hydrogen) atoms. The van der Waals surface area contributed by atoms with E-state index in [9.17, 15) is 9.59 Å². The third-order valence-electron chi connectivity index (χ3n) is 6.87. The largest absolute Gasteiger partial charge is 0.489 e. The molecule has 5 N–H and O–H groups in total. The first-order valence-corrected chi connectivity index (χ1v) is 13.5. The highest BCUT2D eigenvalue weighted by molar-refractivity contribution is 5.98. The number of amidine groups is 2. The number of aryl methyl sites for hydroxylation is 1. The molecule has 0 aromatic heterocycles. The Balaban J connectivity index is 2.18. The number of ether oxygens (including phenoxy) is 1. The number of aldehydes is 1. The molecule has 2 atom stereocenters. The number of nitrogens with one attached hydrogen (secondary N) is 3. The summed E-state index contributed by atoms with van der Waals surface area (Å²) in [6.07, 6.45) is 1.78. The minimum atomic E-state index is -0.996. The number of hydrogen-bond donors (Lipinski definition) is 4. The molecule has 0 aliphatic heterocycles. The smallest absolute Gasteiger partial charge is 0.212 e. The van der Waals surface area contributed by atoms with E-state index in [1.54, 1.807) is 67.7 Å². The standard InChI is InChI=1S/C31H38FN7O3/c1-6-21-15-25(28(32)27(16-21)42-18-20(2)38(3)4)29(36-24-13-11-22(12-14-24)30(33)34)31(35-19-41)37-39(5)26-10-8-7-9-23(26)17-40/h7-17,19-20,29,36H,6,18H2,1-5H3,(H3,33,34)(H,35,37,41). The van der Waals surface area contributed by atoms with E-state index >= 15 is 4.39 Å². The SMILES string of the molecule is CCc1cc(OCC(C)N(C)C)c(F)c(C(Nc2ccc(C(=N)N)cc2)/C(=N/N(C)c2ccccc2C=O)NC=O)c1. The average molecular weight is 576 g/mol. The average Bonchev–Trinajstić information content (AvgIpc) is 2.99. The van der Waals surface area contributed by atoms with Gasteiger partial charge in [0.2, 0.25) is 6.41 Å². The molecule has 0 spiro atoms. The van der Waals surface area contributed by atoms with Crippen LogP contribution in [0.25, 0.3) is 0 Å². The van der Waals surface area contributed by atoms with Gasteiger partial charge in [0.25, 0.3) is 0 Å². The molecule has 0 aliphatic carbocycles. The molecular weight excluding hydrogens is 537 g/mol. The Labute approximate surface area is 245 Å². The van der Waals surface area contributed by atoms with Crippen molar-refractivity contribution in [2.24, 2.45) is 10.8 Å². The van der Waals surface area contributed by atoms with Crippen molar-refractivity contribution in [3.05, 3.63) is 88.7 Å². The Morgan fingerprint density at radius 1 is 1.12 bits per heavy atom. The minimum Gasteiger partial charge on any atom is -0.489 e. The lowest BCUT2D eigenvalue weighted by Gasteiger charge is -2.26. The summed E-state index contributed by atoms with van der Waals surface area (Å²) in [5.41, 5.74) is 8.60. The van der Waals surface area contributed by atoms with Gasteiger partial charge in [0.15, 0.2) is 23.7 Å². The van der Waals surface area contributed by atoms with E-state index < -0.39 is 11.9 Å². The lowest BCUT2D eigenvalue weighted by molar-refractivity contribution is -0.108. The number of amides is 1. The Morgan fingerprint density at radius 3 is 2.40 bits per heavy atom. The number of nitrogens with zero attached hydrogens (tertiary/aromatic N) is 3. The number of halogens is 1. The Bertz CT molecular complexity index is 1430. The fourth-order valence-electron chi connectivity index (χ4n) is 4.09. The molecule has 3 aromatic carbocycles. The molecule has 0 saturated carbocycles. The molecule has 11 heteroatoms. The maximum atomic E-state index is 16.3. The Kier molecular flexibility index (Phi) is 11.1. The number of benzene rings is 3. The number of carbonyl (C=O) groups excluding carboxylic acids is 2. The molecule has 0 bridgehead atoms. The summed E-state index contributed by atoms with van der Waals surface area (Å²) < 4.78 is 22.2. The van der Waals surface area contributed by atoms with Crippen molar-refractivity contribution in [1.29, 1.82) is 5.41 Å². The van der Waals surface area contributed by atoms with E-state index in [0.29, 0.717) is 41.6 Å². The summed E-state index contributed by atoms with van der Waals surface area (Å²) in [4.78, 5) is 25.5. The molecule has 0 aliphatic rings. The fourth-order valence-corrected chi connectivity index (χ4v) is 4.09. The van der Waals surface area contributed by atoms with Gasteiger partial charge in [-0.05, 0) is 75.5 Å². The molecule has 0 saturated heterocycles. The number of para-hydroxylation sites is 1. The monoisotopic (exact) mass is 575 g/mol. The number of nitrogens with two attached hydrogens (primary N) is 1. The summed E-state index contributed by atoms with van der Waals surface area (Å²) in [6.45, 7) is 4.19. The number of hydrogen-bond acceptors (Lipinski definition) is 8. The molecule has 10 nitrogen and oxygen atoms in total. The molecule has 0 heterocycles. The zero-order valence-corrected chi connectivity index (χ0v) is 24.5. The molecule has 0 fully saturated rings. The van der Waals surface area contributed by atoms with Crippen LogP contribution in [0.2, 0.25) is 0 Å². The van der Waals surface area contributed by atoms with Crippen molar-refractivity contribution in [3.8, 4) is 5.75 Å². The molecular formula is C31H38FN7O3. The van der Waals surface area contributed by atoms with E-state index in [-0.39, 0.29) is 35.6 Å². The van der Waals surface area contributed by atoms with E-state index in [2.05, 4.69) is 15.7 Å². The van der Waals surface area contributed by atoms with Crippen molar-refractivity contribution in [1.82, 2.24) is 10.2 Å². The number of likely N-dealkylation sites (N-methyl/N-ethyl adjacent to an activating group) is 1. The number of carbonyl (C=O) groups is 2. The topological polar surface area (TPSA) is 136 Å². The predicted molar refractivity (Wildman–Crippen MR) is 165 cm³/mol. The quantitative estimate of drug-likeness (QED) is 0.0981. The van der Waals surface area contributed by atoms with Gasteiger partial charge in [-0.3, -0.25) is 20.0 Å². The summed E-state index contributed by atoms with van der Waals surface area (Å²) >= 11 is 0. The van der Waals surface area contributed by atoms with Crippen molar-refractivity contribution in [3.63, 3.8) is 0 Å². The van der Waals surface area contributed by atoms with Crippen LogP contribution in [0.1, 0.15) is 46.9 Å². The van der Waals surface area contributed by atoms with Gasteiger partial charge < -0.3 is 26.0 Å². The van der Waals surface area contributed by atoms with Crippen LogP contribution in [-0.4, -0.2) is 63.1 Å². The third kappa shape index (κ3) is 7.91. The zero-order valence-electron chi connectivity index (χ0n) is 24.5. The molecule has 3 rings (SSSR count). The van der Waals surface area contributed by atoms with Crippen LogP contribution in [0.4, 0.5) is 15.8 Å². The Hall–Kier alpha value is -4.77. The normalized spacial score (nSPS) is 12.8. The van der Waals surface area contributed by atoms with E-state index in [1.165, 1.54) is 5.01 Å². The number of nitrogen functional groups attached to an aromatic ring is 1. The Morgan fingerprint density at radius 2 is 1.81 bits per heavy atom. The van der Waals surface area contributed by atoms with Gasteiger partial charge in [0.1, 0.15) is 18.5 Å². The lowest BCUT2D eigenvalue weighted by atomic mass is 9.99. The first-order chi connectivity index (χ1) is 20.1. The number of anilines is 2. The first-order valence-electron chi connectivity index (χ1n) is 13.5. The van der Waals surface area contributed by atoms with Gasteiger partial charge in [-0.1, -0.05) is 25.1 Å². The van der Waals surface area contributed by atoms with Crippen LogP contribution in [0.3, 0.4) is 0 Å². The lowest BCUT2D eigenvalue weighted by Crippen LogP contribution is -2.36. The second-order valence-corrected chi connectivity index (χ2v) is 9.99. The highest BCUT2D eigenvalue weighted by Crippen LogP contribution is 2.32. The van der Waals surface area contributed by atoms with Crippen LogP contribution in [0.5, 0.6) is 5.75 Å². The van der Waals surface area contributed by atoms with Crippen molar-refractivity contribution < 1.29 is 18.7 Å². The highest BCUT2D eigenvalue weighted by Gasteiger charge is 2.27. The summed E-state index contributed by atoms with van der Waals surface area (Å²) in [5.74, 6) is -0.535. The van der Waals surface area contributed by atoms with Crippen LogP contribution < -0.4 is 26.1 Å². The van der Waals surface area contributed by atoms with Crippen molar-refractivity contribution in [2.45, 2.75) is 32.4 Å². The molecule has 1 amide bonds. The number of hydrazone groups is 1. The second kappa shape index (κ2) is 14.7.